The molecule has 0 radical (unpaired) electrons. The molecule has 1 aliphatic carbocycles. The number of phenolic OH excluding ortho intramolecular Hbond substituents is 1. The van der Waals surface area contributed by atoms with Crippen LogP contribution in [-0.2, 0) is 30.7 Å². The largest absolute Gasteiger partial charge is 0.506 e. The van der Waals surface area contributed by atoms with Crippen LogP contribution >= 0.6 is 11.6 Å². The fourth-order valence-electron chi connectivity index (χ4n) is 6.03. The lowest BCUT2D eigenvalue weighted by atomic mass is 10.0. The molecular formula is C30H40ClN3O8S. The van der Waals surface area contributed by atoms with Crippen molar-refractivity contribution in [2.24, 2.45) is 5.92 Å². The molecule has 0 bridgehead atoms. The summed E-state index contributed by atoms with van der Waals surface area (Å²) in [5, 5.41) is 24.5. The quantitative estimate of drug-likeness (QED) is 0.321. The molecule has 3 aliphatic rings. The van der Waals surface area contributed by atoms with Gasteiger partial charge in [-0.2, -0.15) is 4.31 Å². The number of aliphatic hydroxyl groups excluding tert-OH is 1. The Bertz CT molecular complexity index is 1320. The van der Waals surface area contributed by atoms with Crippen LogP contribution in [0.4, 0.5) is 4.79 Å². The molecule has 2 aliphatic heterocycles. The van der Waals surface area contributed by atoms with Gasteiger partial charge in [0, 0.05) is 51.8 Å². The van der Waals surface area contributed by atoms with E-state index in [1.54, 1.807) is 0 Å². The zero-order valence-electron chi connectivity index (χ0n) is 24.0. The number of amides is 1. The second-order valence-electron chi connectivity index (χ2n) is 11.4. The number of aromatic hydroxyl groups is 1. The summed E-state index contributed by atoms with van der Waals surface area (Å²) in [5.74, 6) is 0.0327. The number of morpholine rings is 1. The van der Waals surface area contributed by atoms with Gasteiger partial charge in [-0.3, -0.25) is 4.90 Å². The van der Waals surface area contributed by atoms with Gasteiger partial charge in [-0.1, -0.05) is 41.9 Å². The highest BCUT2D eigenvalue weighted by Crippen LogP contribution is 2.37. The number of nitrogens with zero attached hydrogens (tertiary/aromatic N) is 2. The Morgan fingerprint density at radius 2 is 1.91 bits per heavy atom. The highest BCUT2D eigenvalue weighted by Gasteiger charge is 2.40. The van der Waals surface area contributed by atoms with Gasteiger partial charge in [-0.25, -0.2) is 13.2 Å². The maximum Gasteiger partial charge on any atom is 0.407 e. The Balaban J connectivity index is 1.32. The first kappa shape index (κ1) is 32.0. The monoisotopic (exact) mass is 637 g/mol. The third kappa shape index (κ3) is 8.39. The van der Waals surface area contributed by atoms with Crippen LogP contribution in [0.5, 0.6) is 5.75 Å². The van der Waals surface area contributed by atoms with Gasteiger partial charge >= 0.3 is 6.09 Å². The number of aliphatic hydroxyl groups is 1. The number of carbonyl (C=O) groups is 1. The Morgan fingerprint density at radius 1 is 1.14 bits per heavy atom. The van der Waals surface area contributed by atoms with E-state index in [9.17, 15) is 23.4 Å². The fourth-order valence-corrected chi connectivity index (χ4v) is 7.61. The van der Waals surface area contributed by atoms with E-state index in [-0.39, 0.29) is 47.4 Å². The van der Waals surface area contributed by atoms with E-state index in [0.717, 1.165) is 31.1 Å². The van der Waals surface area contributed by atoms with Crippen molar-refractivity contribution in [3.8, 4) is 5.75 Å². The third-order valence-electron chi connectivity index (χ3n) is 8.46. The summed E-state index contributed by atoms with van der Waals surface area (Å²) >= 11 is 5.94. The Labute approximate surface area is 257 Å². The van der Waals surface area contributed by atoms with E-state index in [0.29, 0.717) is 45.2 Å². The molecule has 1 amide bonds. The van der Waals surface area contributed by atoms with Gasteiger partial charge in [-0.05, 0) is 42.9 Å². The summed E-state index contributed by atoms with van der Waals surface area (Å²) < 4.78 is 45.7. The zero-order valence-corrected chi connectivity index (χ0v) is 25.6. The third-order valence-corrected chi connectivity index (χ3v) is 10.6. The molecule has 2 saturated heterocycles. The summed E-state index contributed by atoms with van der Waals surface area (Å²) in [5.41, 5.74) is 0.862. The minimum absolute atomic E-state index is 0.0296. The van der Waals surface area contributed by atoms with Gasteiger partial charge in [-0.15, -0.1) is 0 Å². The molecule has 0 spiro atoms. The fraction of sp³-hybridized carbons (Fsp3) is 0.567. The van der Waals surface area contributed by atoms with Crippen molar-refractivity contribution in [2.75, 3.05) is 52.5 Å². The first-order chi connectivity index (χ1) is 20.7. The average molecular weight is 638 g/mol. The summed E-state index contributed by atoms with van der Waals surface area (Å²) in [4.78, 5) is 15.0. The molecule has 11 nitrogen and oxygen atoms in total. The minimum atomic E-state index is -4.16. The van der Waals surface area contributed by atoms with Gasteiger partial charge in [0.05, 0.1) is 41.4 Å². The topological polar surface area (TPSA) is 138 Å². The van der Waals surface area contributed by atoms with Crippen LogP contribution in [-0.4, -0.2) is 111 Å². The second kappa shape index (κ2) is 14.6. The van der Waals surface area contributed by atoms with Gasteiger partial charge in [0.2, 0.25) is 10.0 Å². The smallest absolute Gasteiger partial charge is 0.407 e. The molecular weight excluding hydrogens is 598 g/mol. The van der Waals surface area contributed by atoms with Crippen molar-refractivity contribution in [3.63, 3.8) is 0 Å². The number of phenols is 1. The number of benzene rings is 2. The van der Waals surface area contributed by atoms with Crippen LogP contribution in [0.1, 0.15) is 24.8 Å². The highest BCUT2D eigenvalue weighted by atomic mass is 35.5. The molecule has 2 heterocycles. The number of ether oxygens (including phenoxy) is 3. The van der Waals surface area contributed by atoms with Gasteiger partial charge in [0.15, 0.2) is 0 Å². The van der Waals surface area contributed by atoms with Crippen molar-refractivity contribution in [2.45, 2.75) is 54.9 Å². The lowest BCUT2D eigenvalue weighted by molar-refractivity contribution is 0.0336. The number of halogens is 1. The zero-order chi connectivity index (χ0) is 30.4. The van der Waals surface area contributed by atoms with E-state index < -0.39 is 28.3 Å². The Kier molecular flexibility index (Phi) is 10.8. The van der Waals surface area contributed by atoms with E-state index in [1.165, 1.54) is 16.4 Å². The molecule has 5 rings (SSSR count). The number of rotatable bonds is 12. The number of nitrogens with one attached hydrogen (secondary N) is 1. The molecule has 43 heavy (non-hydrogen) atoms. The summed E-state index contributed by atoms with van der Waals surface area (Å²) in [6, 6.07) is 12.3. The van der Waals surface area contributed by atoms with Gasteiger partial charge < -0.3 is 29.7 Å². The van der Waals surface area contributed by atoms with Crippen molar-refractivity contribution < 1.29 is 37.6 Å². The van der Waals surface area contributed by atoms with Gasteiger partial charge in [0.25, 0.3) is 0 Å². The molecule has 0 aromatic heterocycles. The normalized spacial score (nSPS) is 24.0. The van der Waals surface area contributed by atoms with Crippen LogP contribution in [0, 0.1) is 5.92 Å². The van der Waals surface area contributed by atoms with Crippen molar-refractivity contribution in [3.05, 3.63) is 59.1 Å². The molecule has 1 saturated carbocycles. The van der Waals surface area contributed by atoms with Gasteiger partial charge in [0.1, 0.15) is 11.9 Å². The second-order valence-corrected chi connectivity index (χ2v) is 13.7. The number of alkyl carbamates (subject to hydrolysis) is 1. The number of hydrogen-bond acceptors (Lipinski definition) is 9. The molecule has 5 atom stereocenters. The highest BCUT2D eigenvalue weighted by molar-refractivity contribution is 7.89. The molecule has 3 fully saturated rings. The van der Waals surface area contributed by atoms with Crippen LogP contribution < -0.4 is 5.32 Å². The van der Waals surface area contributed by atoms with Crippen LogP contribution in [0.3, 0.4) is 0 Å². The maximum atomic E-state index is 13.8. The summed E-state index contributed by atoms with van der Waals surface area (Å²) in [6.07, 6.45) is 0.511. The maximum absolute atomic E-state index is 13.8. The average Bonchev–Trinajstić information content (AvgIpc) is 3.59. The van der Waals surface area contributed by atoms with Crippen molar-refractivity contribution in [1.82, 2.24) is 14.5 Å². The van der Waals surface area contributed by atoms with E-state index in [4.69, 9.17) is 25.8 Å². The minimum Gasteiger partial charge on any atom is -0.506 e. The number of hydrogen-bond donors (Lipinski definition) is 3. The number of fused-ring (bicyclic) bond motifs is 1. The predicted molar refractivity (Wildman–Crippen MR) is 160 cm³/mol. The first-order valence-electron chi connectivity index (χ1n) is 14.8. The predicted octanol–water partition coefficient (Wildman–Crippen LogP) is 2.63. The number of carbonyl (C=O) groups excluding carboxylic acids is 1. The molecule has 1 unspecified atom stereocenters. The Hall–Kier alpha value is -2.45. The van der Waals surface area contributed by atoms with E-state index in [1.807, 2.05) is 30.3 Å². The summed E-state index contributed by atoms with van der Waals surface area (Å²) in [7, 11) is -4.16. The summed E-state index contributed by atoms with van der Waals surface area (Å²) in [6.45, 7) is 3.37. The molecule has 2 aromatic carbocycles. The molecule has 3 N–H and O–H groups in total. The molecule has 2 aromatic rings. The molecule has 236 valence electrons. The van der Waals surface area contributed by atoms with Crippen LogP contribution in [0.25, 0.3) is 0 Å². The first-order valence-corrected chi connectivity index (χ1v) is 16.6. The van der Waals surface area contributed by atoms with Crippen molar-refractivity contribution >= 4 is 27.7 Å². The van der Waals surface area contributed by atoms with Crippen molar-refractivity contribution in [1.29, 1.82) is 0 Å². The Morgan fingerprint density at radius 3 is 2.63 bits per heavy atom. The molecule has 13 heteroatoms. The lowest BCUT2D eigenvalue weighted by Crippen LogP contribution is -2.52. The lowest BCUT2D eigenvalue weighted by Gasteiger charge is -2.32. The number of sulfonamides is 1. The van der Waals surface area contributed by atoms with Crippen LogP contribution in [0.15, 0.2) is 53.4 Å². The van der Waals surface area contributed by atoms with E-state index in [2.05, 4.69) is 10.2 Å². The van der Waals surface area contributed by atoms with Crippen LogP contribution in [0.2, 0.25) is 5.02 Å². The van der Waals surface area contributed by atoms with E-state index >= 15 is 0 Å². The SMILES string of the molecule is O=C(N[C@@H](Cc1ccccc1)[C@H](O)CN(CCN1CCOCC1)S(=O)(=O)c1ccc(Cl)c(O)c1)O[C@@H]1CC2CCO[C@@H]2C1. The standard InChI is InChI=1S/C30H40ClN3O8S/c31-25-7-6-24(19-27(25)35)43(38,39)34(10-9-33-11-14-40-15-12-33)20-28(36)26(16-21-4-2-1-3-5-21)32-30(37)42-23-17-22-8-13-41-29(22)18-23/h1-7,19,22-23,26,28-29,35-36H,8-18,20H2,(H,32,37)/t22?,23-,26+,28-,29-/m1/s1.